The van der Waals surface area contributed by atoms with E-state index in [1.807, 2.05) is 6.92 Å². The van der Waals surface area contributed by atoms with Crippen molar-refractivity contribution in [3.8, 4) is 0 Å². The van der Waals surface area contributed by atoms with Crippen LogP contribution in [0.1, 0.15) is 6.92 Å². The number of hydrogen-bond donors (Lipinski definition) is 4. The quantitative estimate of drug-likeness (QED) is 0.313. The molecule has 0 aromatic rings. The summed E-state index contributed by atoms with van der Waals surface area (Å²) in [6.45, 7) is 1.96. The molecule has 0 amide bonds. The molecular weight excluding hydrogens is 124 g/mol. The highest BCUT2D eigenvalue weighted by Gasteiger charge is 2.05. The molecule has 0 aromatic carbocycles. The van der Waals surface area contributed by atoms with Crippen LogP contribution in [0.25, 0.3) is 0 Å². The minimum absolute atomic E-state index is 0.210. The van der Waals surface area contributed by atoms with Crippen molar-refractivity contribution in [2.45, 2.75) is 13.1 Å². The van der Waals surface area contributed by atoms with Crippen LogP contribution in [0.2, 0.25) is 0 Å². The fraction of sp³-hybridized carbons (Fsp3) is 0.667. The van der Waals surface area contributed by atoms with Gasteiger partial charge in [0, 0.05) is 0 Å². The summed E-state index contributed by atoms with van der Waals surface area (Å²) in [4.78, 5) is 0. The second kappa shape index (κ2) is 2.25. The van der Waals surface area contributed by atoms with Gasteiger partial charge in [-0.2, -0.15) is 0 Å². The summed E-state index contributed by atoms with van der Waals surface area (Å²) >= 11 is 4.71. The monoisotopic (exact) mass is 132 g/mol. The Kier molecular flexibility index (Phi) is 1.62. The number of rotatable bonds is 0. The maximum atomic E-state index is 4.71. The third-order valence-electron chi connectivity index (χ3n) is 0.804. The summed E-state index contributed by atoms with van der Waals surface area (Å²) in [6.07, 6.45) is 0.210. The number of hydrazine groups is 2. The molecule has 0 spiro atoms. The summed E-state index contributed by atoms with van der Waals surface area (Å²) in [7, 11) is 0. The fourth-order valence-electron chi connectivity index (χ4n) is 0.415. The highest BCUT2D eigenvalue weighted by molar-refractivity contribution is 7.80. The van der Waals surface area contributed by atoms with E-state index in [0.29, 0.717) is 5.11 Å². The first-order chi connectivity index (χ1) is 3.79. The van der Waals surface area contributed by atoms with Gasteiger partial charge in [-0.15, -0.1) is 0 Å². The molecular formula is C3H8N4S. The third-order valence-corrected chi connectivity index (χ3v) is 1.01. The van der Waals surface area contributed by atoms with Gasteiger partial charge in [-0.1, -0.05) is 0 Å². The van der Waals surface area contributed by atoms with E-state index in [9.17, 15) is 0 Å². The molecule has 0 saturated carbocycles. The van der Waals surface area contributed by atoms with Crippen molar-refractivity contribution in [2.75, 3.05) is 0 Å². The van der Waals surface area contributed by atoms with Gasteiger partial charge < -0.3 is 0 Å². The van der Waals surface area contributed by atoms with Crippen molar-refractivity contribution in [1.82, 2.24) is 21.7 Å². The lowest BCUT2D eigenvalue weighted by Gasteiger charge is -2.24. The Morgan fingerprint density at radius 2 is 1.88 bits per heavy atom. The maximum absolute atomic E-state index is 4.71. The first kappa shape index (κ1) is 5.74. The van der Waals surface area contributed by atoms with E-state index >= 15 is 0 Å². The Bertz CT molecular complexity index is 93.5. The smallest absolute Gasteiger partial charge is 0.195 e. The molecule has 1 rings (SSSR count). The largest absolute Gasteiger partial charge is 0.296 e. The predicted octanol–water partition coefficient (Wildman–Crippen LogP) is -1.18. The second-order valence-corrected chi connectivity index (χ2v) is 2.00. The number of thiocarbonyl (C=S) groups is 1. The van der Waals surface area contributed by atoms with Crippen molar-refractivity contribution < 1.29 is 0 Å². The van der Waals surface area contributed by atoms with Gasteiger partial charge in [-0.25, -0.2) is 10.9 Å². The lowest BCUT2D eigenvalue weighted by Crippen LogP contribution is -2.64. The first-order valence-corrected chi connectivity index (χ1v) is 2.77. The zero-order valence-corrected chi connectivity index (χ0v) is 5.30. The van der Waals surface area contributed by atoms with Gasteiger partial charge in [-0.3, -0.25) is 10.9 Å². The van der Waals surface area contributed by atoms with Crippen LogP contribution in [-0.2, 0) is 0 Å². The summed E-state index contributed by atoms with van der Waals surface area (Å²) < 4.78 is 0. The van der Waals surface area contributed by atoms with Crippen LogP contribution in [0.5, 0.6) is 0 Å². The van der Waals surface area contributed by atoms with Crippen LogP contribution >= 0.6 is 12.2 Å². The Balaban J connectivity index is 2.29. The second-order valence-electron chi connectivity index (χ2n) is 1.59. The van der Waals surface area contributed by atoms with E-state index in [1.54, 1.807) is 0 Å². The normalized spacial score (nSPS) is 21.9. The van der Waals surface area contributed by atoms with E-state index in [2.05, 4.69) is 21.7 Å². The predicted molar refractivity (Wildman–Crippen MR) is 34.6 cm³/mol. The molecule has 1 saturated heterocycles. The van der Waals surface area contributed by atoms with E-state index in [1.165, 1.54) is 0 Å². The highest BCUT2D eigenvalue weighted by Crippen LogP contribution is 1.73. The SMILES string of the molecule is CC1NNC(=S)NN1. The maximum Gasteiger partial charge on any atom is 0.195 e. The van der Waals surface area contributed by atoms with E-state index < -0.39 is 0 Å². The molecule has 1 aliphatic heterocycles. The Labute approximate surface area is 53.0 Å². The molecule has 4 N–H and O–H groups in total. The van der Waals surface area contributed by atoms with Crippen LogP contribution in [-0.4, -0.2) is 11.3 Å². The van der Waals surface area contributed by atoms with Gasteiger partial charge in [-0.05, 0) is 19.1 Å². The van der Waals surface area contributed by atoms with E-state index in [-0.39, 0.29) is 6.17 Å². The van der Waals surface area contributed by atoms with Crippen molar-refractivity contribution in [3.05, 3.63) is 0 Å². The zero-order valence-electron chi connectivity index (χ0n) is 4.49. The molecule has 5 heteroatoms. The molecule has 46 valence electrons. The molecule has 1 aliphatic rings. The van der Waals surface area contributed by atoms with Gasteiger partial charge in [0.05, 0.1) is 6.17 Å². The minimum atomic E-state index is 0.210. The molecule has 0 radical (unpaired) electrons. The van der Waals surface area contributed by atoms with Crippen molar-refractivity contribution in [1.29, 1.82) is 0 Å². The molecule has 1 fully saturated rings. The third kappa shape index (κ3) is 1.29. The summed E-state index contributed by atoms with van der Waals surface area (Å²) in [5.74, 6) is 0. The summed E-state index contributed by atoms with van der Waals surface area (Å²) in [5, 5.41) is 0.572. The van der Waals surface area contributed by atoms with Crippen LogP contribution in [0.4, 0.5) is 0 Å². The first-order valence-electron chi connectivity index (χ1n) is 2.36. The Morgan fingerprint density at radius 1 is 1.38 bits per heavy atom. The van der Waals surface area contributed by atoms with Gasteiger partial charge in [0.25, 0.3) is 0 Å². The fourth-order valence-corrected chi connectivity index (χ4v) is 0.533. The highest BCUT2D eigenvalue weighted by atomic mass is 32.1. The average molecular weight is 132 g/mol. The molecule has 4 nitrogen and oxygen atoms in total. The molecule has 8 heavy (non-hydrogen) atoms. The molecule has 0 atom stereocenters. The standard InChI is InChI=1S/C3H8N4S/c1-2-4-6-3(8)7-5-2/h2,4-5H,1H3,(H2,6,7,8). The van der Waals surface area contributed by atoms with Crippen LogP contribution < -0.4 is 21.7 Å². The van der Waals surface area contributed by atoms with Crippen molar-refractivity contribution in [3.63, 3.8) is 0 Å². The topological polar surface area (TPSA) is 48.1 Å². The van der Waals surface area contributed by atoms with Gasteiger partial charge in [0.2, 0.25) is 0 Å². The molecule has 0 bridgehead atoms. The van der Waals surface area contributed by atoms with Crippen LogP contribution in [0.15, 0.2) is 0 Å². The van der Waals surface area contributed by atoms with E-state index in [4.69, 9.17) is 12.2 Å². The number of nitrogens with one attached hydrogen (secondary N) is 4. The number of hydrogen-bond acceptors (Lipinski definition) is 3. The lowest BCUT2D eigenvalue weighted by atomic mass is 10.6. The van der Waals surface area contributed by atoms with Gasteiger partial charge >= 0.3 is 0 Å². The zero-order chi connectivity index (χ0) is 5.98. The molecule has 1 heterocycles. The lowest BCUT2D eigenvalue weighted by molar-refractivity contribution is 0.377. The summed E-state index contributed by atoms with van der Waals surface area (Å²) in [6, 6.07) is 0. The Morgan fingerprint density at radius 3 is 2.25 bits per heavy atom. The minimum Gasteiger partial charge on any atom is -0.296 e. The molecule has 0 aliphatic carbocycles. The van der Waals surface area contributed by atoms with Crippen molar-refractivity contribution in [2.24, 2.45) is 0 Å². The Hall–Kier alpha value is -0.390. The van der Waals surface area contributed by atoms with Gasteiger partial charge in [0.15, 0.2) is 5.11 Å². The average Bonchev–Trinajstić information content (AvgIpc) is 1.77. The molecule has 0 unspecified atom stereocenters. The summed E-state index contributed by atoms with van der Waals surface area (Å²) in [5.41, 5.74) is 11.2. The molecule has 0 aromatic heterocycles. The van der Waals surface area contributed by atoms with Crippen LogP contribution in [0.3, 0.4) is 0 Å². The van der Waals surface area contributed by atoms with Crippen LogP contribution in [0, 0.1) is 0 Å². The van der Waals surface area contributed by atoms with E-state index in [0.717, 1.165) is 0 Å². The van der Waals surface area contributed by atoms with Gasteiger partial charge in [0.1, 0.15) is 0 Å². The van der Waals surface area contributed by atoms with Crippen molar-refractivity contribution >= 4 is 17.3 Å².